The molecule has 1 aliphatic carbocycles. The number of aryl methyl sites for hydroxylation is 2. The molecule has 6 rings (SSSR count). The lowest BCUT2D eigenvalue weighted by atomic mass is 9.81. The Hall–Kier alpha value is -4.58. The molecule has 3 heterocycles. The first-order valence-corrected chi connectivity index (χ1v) is 15.7. The summed E-state index contributed by atoms with van der Waals surface area (Å²) in [5.74, 6) is -1.58. The molecular formula is C34H34N4O6S. The van der Waals surface area contributed by atoms with E-state index < -0.39 is 17.8 Å². The number of anilines is 1. The fraction of sp³-hybridized carbons (Fsp3) is 0.294. The molecule has 11 heteroatoms. The van der Waals surface area contributed by atoms with Crippen LogP contribution in [0.3, 0.4) is 0 Å². The van der Waals surface area contributed by atoms with E-state index in [1.54, 1.807) is 23.5 Å². The van der Waals surface area contributed by atoms with E-state index in [9.17, 15) is 24.6 Å². The molecular weight excluding hydrogens is 592 g/mol. The van der Waals surface area contributed by atoms with E-state index in [1.165, 1.54) is 12.1 Å². The SMILES string of the molecule is Cc1cc(CN)cc(C)c1NC(=O)c1cc2c(cc1-c1ccc(C(=O)NC3CC(CO)C3)nc1C(=O)O)OCCc1ccsc1-2. The van der Waals surface area contributed by atoms with E-state index in [1.807, 2.05) is 37.4 Å². The molecule has 0 radical (unpaired) electrons. The molecule has 0 saturated heterocycles. The normalized spacial score (nSPS) is 16.8. The number of carboxylic acid groups (broad SMARTS) is 1. The second-order valence-electron chi connectivity index (χ2n) is 11.6. The third-order valence-electron chi connectivity index (χ3n) is 8.50. The summed E-state index contributed by atoms with van der Waals surface area (Å²) in [4.78, 5) is 44.9. The zero-order valence-electron chi connectivity index (χ0n) is 25.0. The van der Waals surface area contributed by atoms with Crippen molar-refractivity contribution in [3.63, 3.8) is 0 Å². The Morgan fingerprint density at radius 2 is 1.78 bits per heavy atom. The molecule has 0 bridgehead atoms. The molecule has 2 amide bonds. The van der Waals surface area contributed by atoms with Gasteiger partial charge in [0.05, 0.1) is 6.61 Å². The molecule has 2 aromatic heterocycles. The summed E-state index contributed by atoms with van der Waals surface area (Å²) in [6, 6.07) is 12.2. The Morgan fingerprint density at radius 3 is 2.47 bits per heavy atom. The maximum Gasteiger partial charge on any atom is 0.355 e. The predicted molar refractivity (Wildman–Crippen MR) is 172 cm³/mol. The van der Waals surface area contributed by atoms with Gasteiger partial charge in [-0.25, -0.2) is 9.78 Å². The number of nitrogens with one attached hydrogen (secondary N) is 2. The Kier molecular flexibility index (Phi) is 8.41. The van der Waals surface area contributed by atoms with E-state index in [0.29, 0.717) is 49.4 Å². The average Bonchev–Trinajstić information content (AvgIpc) is 3.40. The smallest absolute Gasteiger partial charge is 0.355 e. The van der Waals surface area contributed by atoms with Gasteiger partial charge in [0, 0.05) is 58.4 Å². The number of aromatic carboxylic acids is 1. The lowest BCUT2D eigenvalue weighted by Crippen LogP contribution is -2.45. The van der Waals surface area contributed by atoms with Crippen molar-refractivity contribution in [2.45, 2.75) is 45.7 Å². The van der Waals surface area contributed by atoms with Crippen molar-refractivity contribution in [3.8, 4) is 27.3 Å². The van der Waals surface area contributed by atoms with Crippen molar-refractivity contribution in [3.05, 3.63) is 87.0 Å². The van der Waals surface area contributed by atoms with Gasteiger partial charge in [-0.3, -0.25) is 9.59 Å². The predicted octanol–water partition coefficient (Wildman–Crippen LogP) is 4.94. The molecule has 45 heavy (non-hydrogen) atoms. The van der Waals surface area contributed by atoms with Crippen LogP contribution in [0.2, 0.25) is 0 Å². The molecule has 2 aliphatic rings. The van der Waals surface area contributed by atoms with Gasteiger partial charge < -0.3 is 31.3 Å². The van der Waals surface area contributed by atoms with Gasteiger partial charge in [0.2, 0.25) is 0 Å². The van der Waals surface area contributed by atoms with Crippen LogP contribution in [-0.2, 0) is 13.0 Å². The summed E-state index contributed by atoms with van der Waals surface area (Å²) in [7, 11) is 0. The van der Waals surface area contributed by atoms with Gasteiger partial charge >= 0.3 is 5.97 Å². The van der Waals surface area contributed by atoms with Crippen molar-refractivity contribution < 1.29 is 29.3 Å². The summed E-state index contributed by atoms with van der Waals surface area (Å²) in [5, 5.41) is 27.4. The second-order valence-corrected chi connectivity index (χ2v) is 12.5. The second kappa shape index (κ2) is 12.4. The van der Waals surface area contributed by atoms with Crippen molar-refractivity contribution in [2.24, 2.45) is 11.7 Å². The molecule has 1 aliphatic heterocycles. The maximum atomic E-state index is 14.1. The van der Waals surface area contributed by atoms with Crippen LogP contribution in [0.25, 0.3) is 21.6 Å². The highest BCUT2D eigenvalue weighted by atomic mass is 32.1. The number of amides is 2. The number of carbonyl (C=O) groups is 3. The average molecular weight is 627 g/mol. The van der Waals surface area contributed by atoms with E-state index in [0.717, 1.165) is 32.7 Å². The molecule has 4 aromatic rings. The molecule has 10 nitrogen and oxygen atoms in total. The molecule has 0 unspecified atom stereocenters. The van der Waals surface area contributed by atoms with Crippen LogP contribution in [0.5, 0.6) is 5.75 Å². The minimum absolute atomic E-state index is 0.0462. The number of carboxylic acids is 1. The lowest BCUT2D eigenvalue weighted by molar-refractivity contribution is 0.0690. The zero-order chi connectivity index (χ0) is 31.8. The molecule has 232 valence electrons. The third-order valence-corrected chi connectivity index (χ3v) is 9.49. The summed E-state index contributed by atoms with van der Waals surface area (Å²) >= 11 is 1.55. The number of hydrogen-bond donors (Lipinski definition) is 5. The highest BCUT2D eigenvalue weighted by molar-refractivity contribution is 7.13. The van der Waals surface area contributed by atoms with Gasteiger partial charge in [-0.15, -0.1) is 11.3 Å². The quantitative estimate of drug-likeness (QED) is 0.184. The van der Waals surface area contributed by atoms with Crippen LogP contribution in [-0.4, -0.2) is 52.2 Å². The Bertz CT molecular complexity index is 1800. The van der Waals surface area contributed by atoms with Gasteiger partial charge in [0.1, 0.15) is 11.4 Å². The number of nitrogens with two attached hydrogens (primary N) is 1. The molecule has 0 spiro atoms. The molecule has 2 aromatic carbocycles. The third kappa shape index (κ3) is 5.94. The fourth-order valence-corrected chi connectivity index (χ4v) is 7.08. The minimum atomic E-state index is -1.34. The van der Waals surface area contributed by atoms with Gasteiger partial charge in [-0.2, -0.15) is 0 Å². The maximum absolute atomic E-state index is 14.1. The van der Waals surface area contributed by atoms with Crippen molar-refractivity contribution in [2.75, 3.05) is 18.5 Å². The van der Waals surface area contributed by atoms with E-state index in [2.05, 4.69) is 15.6 Å². The summed E-state index contributed by atoms with van der Waals surface area (Å²) in [6.45, 7) is 4.66. The number of carbonyl (C=O) groups excluding carboxylic acids is 2. The lowest BCUT2D eigenvalue weighted by Gasteiger charge is -2.34. The summed E-state index contributed by atoms with van der Waals surface area (Å²) in [6.07, 6.45) is 2.00. The number of aromatic nitrogens is 1. The van der Waals surface area contributed by atoms with Gasteiger partial charge in [-0.05, 0) is 90.6 Å². The van der Waals surface area contributed by atoms with Crippen molar-refractivity contribution >= 4 is 34.8 Å². The van der Waals surface area contributed by atoms with Crippen molar-refractivity contribution in [1.29, 1.82) is 0 Å². The van der Waals surface area contributed by atoms with Crippen LogP contribution in [0.15, 0.2) is 47.8 Å². The largest absolute Gasteiger partial charge is 0.493 e. The van der Waals surface area contributed by atoms with Gasteiger partial charge in [0.15, 0.2) is 5.69 Å². The van der Waals surface area contributed by atoms with Gasteiger partial charge in [0.25, 0.3) is 11.8 Å². The van der Waals surface area contributed by atoms with Crippen LogP contribution < -0.4 is 21.1 Å². The number of nitrogens with zero attached hydrogens (tertiary/aromatic N) is 1. The molecule has 1 fully saturated rings. The number of thiophene rings is 1. The number of hydrogen-bond acceptors (Lipinski definition) is 8. The number of rotatable bonds is 8. The number of benzene rings is 2. The number of aliphatic hydroxyl groups excluding tert-OH is 1. The summed E-state index contributed by atoms with van der Waals surface area (Å²) in [5.41, 5.74) is 11.4. The monoisotopic (exact) mass is 626 g/mol. The first-order chi connectivity index (χ1) is 21.7. The van der Waals surface area contributed by atoms with Gasteiger partial charge in [-0.1, -0.05) is 12.1 Å². The highest BCUT2D eigenvalue weighted by Crippen LogP contribution is 2.43. The number of fused-ring (bicyclic) bond motifs is 3. The van der Waals surface area contributed by atoms with Crippen LogP contribution >= 0.6 is 11.3 Å². The van der Waals surface area contributed by atoms with Crippen LogP contribution in [0.1, 0.15) is 66.4 Å². The number of ether oxygens (including phenoxy) is 1. The zero-order valence-corrected chi connectivity index (χ0v) is 25.8. The van der Waals surface area contributed by atoms with Crippen LogP contribution in [0, 0.1) is 19.8 Å². The fourth-order valence-electron chi connectivity index (χ4n) is 6.10. The van der Waals surface area contributed by atoms with E-state index >= 15 is 0 Å². The van der Waals surface area contributed by atoms with E-state index in [4.69, 9.17) is 10.5 Å². The summed E-state index contributed by atoms with van der Waals surface area (Å²) < 4.78 is 6.12. The topological polar surface area (TPSA) is 164 Å². The first kappa shape index (κ1) is 30.4. The Morgan fingerprint density at radius 1 is 1.02 bits per heavy atom. The molecule has 0 atom stereocenters. The number of pyridine rings is 1. The highest BCUT2D eigenvalue weighted by Gasteiger charge is 2.31. The van der Waals surface area contributed by atoms with Crippen molar-refractivity contribution in [1.82, 2.24) is 10.3 Å². The van der Waals surface area contributed by atoms with Crippen LogP contribution in [0.4, 0.5) is 5.69 Å². The molecule has 1 saturated carbocycles. The van der Waals surface area contributed by atoms with E-state index in [-0.39, 0.29) is 41.1 Å². The first-order valence-electron chi connectivity index (χ1n) is 14.8. The Labute approximate surface area is 264 Å². The Balaban J connectivity index is 1.44. The molecule has 6 N–H and O–H groups in total. The number of aliphatic hydroxyl groups is 1. The minimum Gasteiger partial charge on any atom is -0.493 e. The standard InChI is InChI=1S/C34H34N4O6S/c1-17-9-19(15-35)10-18(2)29(17)38-32(40)25-13-26-28(44-7-5-21-6-8-45-31(21)26)14-24(25)23-3-4-27(37-30(23)34(42)43)33(41)36-22-11-20(12-22)16-39/h3-4,6,8-10,13-14,20,22,39H,5,7,11-12,15-16,35H2,1-2H3,(H,36,41)(H,38,40)(H,42,43).